The summed E-state index contributed by atoms with van der Waals surface area (Å²) in [5, 5.41) is 0. The molecule has 8 rings (SSSR count). The zero-order valence-corrected chi connectivity index (χ0v) is 35.7. The zero-order valence-electron chi connectivity index (χ0n) is 35.7. The second kappa shape index (κ2) is 22.1. The van der Waals surface area contributed by atoms with Crippen molar-refractivity contribution < 1.29 is 66.5 Å². The number of rotatable bonds is 14. The van der Waals surface area contributed by atoms with E-state index in [1.807, 2.05) is 91.0 Å². The maximum atomic E-state index is 13.9. The third kappa shape index (κ3) is 11.9. The van der Waals surface area contributed by atoms with Gasteiger partial charge in [0.15, 0.2) is 30.9 Å². The minimum Gasteiger partial charge on any atom is -0.459 e. The number of hydrogen-bond donors (Lipinski definition) is 0. The van der Waals surface area contributed by atoms with Gasteiger partial charge in [-0.3, -0.25) is 9.59 Å². The molecule has 0 unspecified atom stereocenters. The first kappa shape index (κ1) is 45.3. The predicted molar refractivity (Wildman–Crippen MR) is 231 cm³/mol. The van der Waals surface area contributed by atoms with Crippen LogP contribution in [-0.4, -0.2) is 91.9 Å². The number of benzene rings is 5. The topological polar surface area (TPSA) is 161 Å². The van der Waals surface area contributed by atoms with Crippen LogP contribution in [0.25, 0.3) is 0 Å². The standard InChI is InChI=1S/C51H50O14/c1-33-42(56-29-34-17-7-2-8-18-34)44(57-30-35-19-9-3-10-20-35)46-51(60-33)65-43-39(32-58-48(54)37-23-13-5-14-24-37)61-50(59-31-36-21-11-4-12-22-36)47(64-49(55)38-25-15-6-16-26-38)45(43)62-40(52)27-28-41(53)63-46/h2-26,33,39,42-47,50-51H,27-32H2,1H3/t33-,39+,42-,43+,44+,45-,46+,47+,50-,51-/m0/s1. The summed E-state index contributed by atoms with van der Waals surface area (Å²) in [4.78, 5) is 54.9. The average molecular weight is 887 g/mol. The van der Waals surface area contributed by atoms with Crippen molar-refractivity contribution in [3.63, 3.8) is 0 Å². The fraction of sp³-hybridized carbons (Fsp3) is 0.333. The first-order valence-corrected chi connectivity index (χ1v) is 21.6. The summed E-state index contributed by atoms with van der Waals surface area (Å²) in [5.74, 6) is -3.01. The van der Waals surface area contributed by atoms with Crippen LogP contribution in [0.4, 0.5) is 0 Å². The molecule has 0 spiro atoms. The first-order valence-electron chi connectivity index (χ1n) is 21.6. The van der Waals surface area contributed by atoms with E-state index in [0.717, 1.165) is 16.7 Å². The van der Waals surface area contributed by atoms with Crippen molar-refractivity contribution in [2.45, 2.75) is 101 Å². The van der Waals surface area contributed by atoms with Crippen molar-refractivity contribution in [2.24, 2.45) is 0 Å². The lowest BCUT2D eigenvalue weighted by Crippen LogP contribution is -2.66. The van der Waals surface area contributed by atoms with Crippen LogP contribution in [-0.2, 0) is 76.8 Å². The van der Waals surface area contributed by atoms with Gasteiger partial charge in [-0.1, -0.05) is 127 Å². The number of carbonyl (C=O) groups is 4. The van der Waals surface area contributed by atoms with Crippen molar-refractivity contribution in [3.05, 3.63) is 179 Å². The minimum absolute atomic E-state index is 0.00786. The van der Waals surface area contributed by atoms with Gasteiger partial charge in [-0.25, -0.2) is 9.59 Å². The third-order valence-corrected chi connectivity index (χ3v) is 11.1. The highest BCUT2D eigenvalue weighted by molar-refractivity contribution is 5.90. The Hall–Kier alpha value is -6.26. The number of carbonyl (C=O) groups excluding carboxylic acids is 4. The van der Waals surface area contributed by atoms with Crippen LogP contribution in [0.2, 0.25) is 0 Å². The Balaban J connectivity index is 1.17. The molecule has 0 amide bonds. The fourth-order valence-electron chi connectivity index (χ4n) is 7.85. The lowest BCUT2D eigenvalue weighted by Gasteiger charge is -2.48. The molecule has 3 saturated heterocycles. The van der Waals surface area contributed by atoms with Crippen molar-refractivity contribution in [1.82, 2.24) is 0 Å². The number of esters is 4. The molecule has 0 bridgehead atoms. The smallest absolute Gasteiger partial charge is 0.338 e. The molecule has 3 fully saturated rings. The van der Waals surface area contributed by atoms with E-state index in [1.54, 1.807) is 67.6 Å². The second-order valence-electron chi connectivity index (χ2n) is 15.8. The summed E-state index contributed by atoms with van der Waals surface area (Å²) >= 11 is 0. The average Bonchev–Trinajstić information content (AvgIpc) is 3.36. The highest BCUT2D eigenvalue weighted by Crippen LogP contribution is 2.37. The minimum atomic E-state index is -1.48. The molecule has 0 saturated carbocycles. The molecule has 14 heteroatoms. The van der Waals surface area contributed by atoms with Crippen LogP contribution in [0.5, 0.6) is 0 Å². The quantitative estimate of drug-likeness (QED) is 0.0834. The van der Waals surface area contributed by atoms with Crippen molar-refractivity contribution in [2.75, 3.05) is 6.61 Å². The molecule has 10 atom stereocenters. The Labute approximate surface area is 376 Å². The number of ether oxygens (including phenoxy) is 10. The van der Waals surface area contributed by atoms with E-state index in [1.165, 1.54) is 0 Å². The van der Waals surface area contributed by atoms with Gasteiger partial charge in [0, 0.05) is 0 Å². The van der Waals surface area contributed by atoms with E-state index >= 15 is 0 Å². The summed E-state index contributed by atoms with van der Waals surface area (Å²) in [6, 6.07) is 44.9. The Kier molecular flexibility index (Phi) is 15.4. The van der Waals surface area contributed by atoms with Gasteiger partial charge in [-0.2, -0.15) is 0 Å². The highest BCUT2D eigenvalue weighted by atomic mass is 16.8. The van der Waals surface area contributed by atoms with Crippen molar-refractivity contribution in [3.8, 4) is 0 Å². The van der Waals surface area contributed by atoms with Crippen LogP contribution in [0.1, 0.15) is 57.2 Å². The molecule has 65 heavy (non-hydrogen) atoms. The molecule has 0 radical (unpaired) electrons. The third-order valence-electron chi connectivity index (χ3n) is 11.1. The summed E-state index contributed by atoms with van der Waals surface area (Å²) in [5.41, 5.74) is 2.99. The van der Waals surface area contributed by atoms with E-state index in [2.05, 4.69) is 0 Å². The number of fused-ring (bicyclic) bond motifs is 2. The van der Waals surface area contributed by atoms with Crippen molar-refractivity contribution >= 4 is 23.9 Å². The maximum absolute atomic E-state index is 13.9. The largest absolute Gasteiger partial charge is 0.459 e. The molecule has 3 aliphatic rings. The van der Waals surface area contributed by atoms with Gasteiger partial charge in [0.1, 0.15) is 31.0 Å². The van der Waals surface area contributed by atoms with Gasteiger partial charge in [0.05, 0.1) is 49.9 Å². The Bertz CT molecular complexity index is 2300. The van der Waals surface area contributed by atoms with Crippen LogP contribution >= 0.6 is 0 Å². The van der Waals surface area contributed by atoms with E-state index < -0.39 is 98.3 Å². The molecular weight excluding hydrogens is 837 g/mol. The van der Waals surface area contributed by atoms with E-state index in [9.17, 15) is 19.2 Å². The monoisotopic (exact) mass is 886 g/mol. The van der Waals surface area contributed by atoms with Crippen LogP contribution in [0.3, 0.4) is 0 Å². The molecule has 3 aliphatic heterocycles. The molecule has 14 nitrogen and oxygen atoms in total. The van der Waals surface area contributed by atoms with Gasteiger partial charge in [-0.15, -0.1) is 0 Å². The molecule has 338 valence electrons. The predicted octanol–water partition coefficient (Wildman–Crippen LogP) is 6.93. The second-order valence-corrected chi connectivity index (χ2v) is 15.8. The van der Waals surface area contributed by atoms with Gasteiger partial charge in [-0.05, 0) is 47.9 Å². The summed E-state index contributed by atoms with van der Waals surface area (Å²) in [6.45, 7) is 1.63. The first-order chi connectivity index (χ1) is 31.8. The highest BCUT2D eigenvalue weighted by Gasteiger charge is 2.56. The lowest BCUT2D eigenvalue weighted by molar-refractivity contribution is -0.362. The van der Waals surface area contributed by atoms with Crippen LogP contribution in [0.15, 0.2) is 152 Å². The van der Waals surface area contributed by atoms with Gasteiger partial charge < -0.3 is 47.4 Å². The molecule has 0 aliphatic carbocycles. The SMILES string of the molecule is C[C@@H]1O[C@H]2O[C@H]3[C@H](OC(=O)CCC(=O)O[C@@H]2[C@H](OCc2ccccc2)[C@H]1OCc1ccccc1)[C@@H](OC(=O)c1ccccc1)[C@@H](OCc1ccccc1)O[C@@H]3COC(=O)c1ccccc1. The van der Waals surface area contributed by atoms with Gasteiger partial charge in [0.2, 0.25) is 0 Å². The Morgan fingerprint density at radius 3 is 1.51 bits per heavy atom. The maximum Gasteiger partial charge on any atom is 0.338 e. The van der Waals surface area contributed by atoms with Gasteiger partial charge >= 0.3 is 23.9 Å². The summed E-state index contributed by atoms with van der Waals surface area (Å²) < 4.78 is 63.9. The van der Waals surface area contributed by atoms with Crippen molar-refractivity contribution in [1.29, 1.82) is 0 Å². The van der Waals surface area contributed by atoms with E-state index in [0.29, 0.717) is 0 Å². The lowest BCUT2D eigenvalue weighted by atomic mass is 9.96. The fourth-order valence-corrected chi connectivity index (χ4v) is 7.85. The number of hydrogen-bond acceptors (Lipinski definition) is 14. The molecular formula is C51H50O14. The molecule has 0 aromatic heterocycles. The Morgan fingerprint density at radius 1 is 0.508 bits per heavy atom. The molecule has 5 aromatic rings. The van der Waals surface area contributed by atoms with E-state index in [-0.39, 0.29) is 37.4 Å². The summed E-state index contributed by atoms with van der Waals surface area (Å²) in [7, 11) is 0. The zero-order chi connectivity index (χ0) is 45.0. The molecule has 0 N–H and O–H groups in total. The Morgan fingerprint density at radius 2 is 0.969 bits per heavy atom. The van der Waals surface area contributed by atoms with Crippen LogP contribution in [0, 0.1) is 0 Å². The van der Waals surface area contributed by atoms with E-state index in [4.69, 9.17) is 47.4 Å². The molecule has 5 aromatic carbocycles. The van der Waals surface area contributed by atoms with Crippen LogP contribution < -0.4 is 0 Å². The molecule has 3 heterocycles. The normalized spacial score (nSPS) is 26.8. The summed E-state index contributed by atoms with van der Waals surface area (Å²) in [6.07, 6.45) is -13.0. The van der Waals surface area contributed by atoms with Gasteiger partial charge in [0.25, 0.3) is 0 Å².